The Kier molecular flexibility index (Phi) is 8.64. The van der Waals surface area contributed by atoms with Gasteiger partial charge in [0.1, 0.15) is 24.0 Å². The van der Waals surface area contributed by atoms with E-state index < -0.39 is 40.0 Å². The topological polar surface area (TPSA) is 198 Å². The van der Waals surface area contributed by atoms with Crippen molar-refractivity contribution in [2.75, 3.05) is 19.8 Å². The molecule has 12 nitrogen and oxygen atoms in total. The number of aromatic hydroxyl groups is 4. The standard InChI is InChI=1S/C25H22O10.CO2/c1-2-5-33-6-7-34-25(32)21-20-19(10-18(28)24(21)31)35-11-15(23(20)30)13-4-3-12-8-16(26)17(27)9-14(12)22(13)29;2-1-3/h4,8-11,26-28,31H,2-3,5-7H2,1H3;. The Bertz CT molecular complexity index is 1520. The quantitative estimate of drug-likeness (QED) is 0.199. The molecule has 0 bridgehead atoms. The van der Waals surface area contributed by atoms with E-state index in [-0.39, 0.29) is 59.2 Å². The van der Waals surface area contributed by atoms with E-state index in [4.69, 9.17) is 23.5 Å². The number of benzene rings is 2. The number of ether oxygens (including phenoxy) is 2. The largest absolute Gasteiger partial charge is 0.504 e. The molecule has 0 amide bonds. The number of esters is 1. The predicted molar refractivity (Wildman–Crippen MR) is 128 cm³/mol. The maximum Gasteiger partial charge on any atom is 0.373 e. The molecule has 1 aromatic heterocycles. The Hall–Kier alpha value is -4.93. The number of carbonyl (C=O) groups excluding carboxylic acids is 4. The van der Waals surface area contributed by atoms with Crippen LogP contribution < -0.4 is 5.43 Å². The highest BCUT2D eigenvalue weighted by Gasteiger charge is 2.29. The van der Waals surface area contributed by atoms with Crippen LogP contribution in [-0.2, 0) is 25.5 Å². The number of carbonyl (C=O) groups is 2. The lowest BCUT2D eigenvalue weighted by Gasteiger charge is -2.17. The first-order valence-corrected chi connectivity index (χ1v) is 11.2. The monoisotopic (exact) mass is 526 g/mol. The number of rotatable bonds is 7. The highest BCUT2D eigenvalue weighted by molar-refractivity contribution is 6.30. The molecule has 0 fully saturated rings. The fourth-order valence-corrected chi connectivity index (χ4v) is 3.84. The third-order valence-corrected chi connectivity index (χ3v) is 5.54. The molecule has 0 unspecified atom stereocenters. The zero-order chi connectivity index (χ0) is 28.0. The van der Waals surface area contributed by atoms with Crippen molar-refractivity contribution in [3.8, 4) is 23.0 Å². The first kappa shape index (κ1) is 27.7. The zero-order valence-corrected chi connectivity index (χ0v) is 20.0. The van der Waals surface area contributed by atoms with Crippen molar-refractivity contribution in [3.05, 3.63) is 63.0 Å². The van der Waals surface area contributed by atoms with Crippen LogP contribution in [0.3, 0.4) is 0 Å². The molecule has 3 aromatic rings. The minimum atomic E-state index is -1.08. The van der Waals surface area contributed by atoms with E-state index in [0.717, 1.165) is 24.8 Å². The van der Waals surface area contributed by atoms with E-state index in [0.29, 0.717) is 12.2 Å². The third kappa shape index (κ3) is 5.41. The van der Waals surface area contributed by atoms with Crippen LogP contribution >= 0.6 is 0 Å². The number of hydrogen-bond acceptors (Lipinski definition) is 12. The van der Waals surface area contributed by atoms with Gasteiger partial charge >= 0.3 is 12.1 Å². The van der Waals surface area contributed by atoms with Crippen molar-refractivity contribution in [2.24, 2.45) is 0 Å². The van der Waals surface area contributed by atoms with Gasteiger partial charge in [0.25, 0.3) is 0 Å². The van der Waals surface area contributed by atoms with E-state index in [9.17, 15) is 34.8 Å². The van der Waals surface area contributed by atoms with Gasteiger partial charge in [-0.15, -0.1) is 0 Å². The first-order chi connectivity index (χ1) is 18.2. The van der Waals surface area contributed by atoms with Crippen LogP contribution in [0.25, 0.3) is 16.5 Å². The normalized spacial score (nSPS) is 12.1. The van der Waals surface area contributed by atoms with E-state index in [1.807, 2.05) is 6.92 Å². The van der Waals surface area contributed by atoms with Gasteiger partial charge in [0, 0.05) is 23.8 Å². The highest BCUT2D eigenvalue weighted by Crippen LogP contribution is 2.37. The number of phenolic OH excluding ortho intramolecular Hbond substituents is 4. The summed E-state index contributed by atoms with van der Waals surface area (Å²) in [5.41, 5.74) is -1.28. The fraction of sp³-hybridized carbons (Fsp3) is 0.231. The Labute approximate surface area is 214 Å². The lowest BCUT2D eigenvalue weighted by atomic mass is 9.86. The molecule has 1 aliphatic carbocycles. The van der Waals surface area contributed by atoms with E-state index in [2.05, 4.69) is 0 Å². The SMILES string of the molecule is CCCOCCOC(=O)c1c(O)c(O)cc2occ(C3=CCc4cc(O)c(O)cc4C3=O)c(=O)c12.O=C=O. The molecule has 0 saturated heterocycles. The van der Waals surface area contributed by atoms with Crippen LogP contribution in [0.15, 0.2) is 39.7 Å². The molecule has 198 valence electrons. The van der Waals surface area contributed by atoms with E-state index >= 15 is 0 Å². The van der Waals surface area contributed by atoms with Crippen molar-refractivity contribution in [1.29, 1.82) is 0 Å². The van der Waals surface area contributed by atoms with Gasteiger partial charge in [-0.25, -0.2) is 4.79 Å². The third-order valence-electron chi connectivity index (χ3n) is 5.54. The average Bonchev–Trinajstić information content (AvgIpc) is 2.87. The Balaban J connectivity index is 0.00000127. The molecule has 0 atom stereocenters. The molecular formula is C26H22O12. The van der Waals surface area contributed by atoms with Gasteiger partial charge in [0.05, 0.1) is 17.6 Å². The van der Waals surface area contributed by atoms with Crippen molar-refractivity contribution in [3.63, 3.8) is 0 Å². The van der Waals surface area contributed by atoms with Crippen LogP contribution in [0.1, 0.15) is 45.2 Å². The lowest BCUT2D eigenvalue weighted by Crippen LogP contribution is -2.20. The molecular weight excluding hydrogens is 504 g/mol. The summed E-state index contributed by atoms with van der Waals surface area (Å²) < 4.78 is 15.8. The summed E-state index contributed by atoms with van der Waals surface area (Å²) in [4.78, 5) is 55.5. The number of phenols is 4. The maximum atomic E-state index is 13.4. The zero-order valence-electron chi connectivity index (χ0n) is 20.0. The Morgan fingerprint density at radius 2 is 1.66 bits per heavy atom. The Morgan fingerprint density at radius 1 is 0.974 bits per heavy atom. The second kappa shape index (κ2) is 11.9. The van der Waals surface area contributed by atoms with Crippen molar-refractivity contribution in [2.45, 2.75) is 19.8 Å². The van der Waals surface area contributed by atoms with Gasteiger partial charge < -0.3 is 34.3 Å². The van der Waals surface area contributed by atoms with Crippen LogP contribution in [0, 0.1) is 0 Å². The van der Waals surface area contributed by atoms with Crippen LogP contribution in [-0.4, -0.2) is 58.2 Å². The minimum absolute atomic E-state index is 0.0434. The molecule has 0 radical (unpaired) electrons. The van der Waals surface area contributed by atoms with Crippen LogP contribution in [0.5, 0.6) is 23.0 Å². The molecule has 38 heavy (non-hydrogen) atoms. The second-order valence-electron chi connectivity index (χ2n) is 7.95. The lowest BCUT2D eigenvalue weighted by molar-refractivity contribution is -0.191. The van der Waals surface area contributed by atoms with Gasteiger partial charge in [-0.05, 0) is 30.5 Å². The summed E-state index contributed by atoms with van der Waals surface area (Å²) in [5, 5.41) is 39.6. The number of allylic oxidation sites excluding steroid dienone is 2. The smallest absolute Gasteiger partial charge is 0.373 e. The van der Waals surface area contributed by atoms with Crippen molar-refractivity contribution >= 4 is 34.4 Å². The van der Waals surface area contributed by atoms with Gasteiger partial charge in [0.15, 0.2) is 28.8 Å². The summed E-state index contributed by atoms with van der Waals surface area (Å²) in [6.07, 6.45) is 3.68. The Morgan fingerprint density at radius 3 is 2.34 bits per heavy atom. The first-order valence-electron chi connectivity index (χ1n) is 11.2. The number of fused-ring (bicyclic) bond motifs is 2. The molecule has 0 spiro atoms. The van der Waals surface area contributed by atoms with Crippen LogP contribution in [0.2, 0.25) is 0 Å². The van der Waals surface area contributed by atoms with Crippen molar-refractivity contribution < 1.29 is 53.5 Å². The second-order valence-corrected chi connectivity index (χ2v) is 7.95. The predicted octanol–water partition coefficient (Wildman–Crippen LogP) is 2.44. The number of ketones is 1. The molecule has 1 heterocycles. The van der Waals surface area contributed by atoms with E-state index in [1.54, 1.807) is 0 Å². The minimum Gasteiger partial charge on any atom is -0.504 e. The summed E-state index contributed by atoms with van der Waals surface area (Å²) in [6.45, 7) is 2.32. The molecule has 12 heteroatoms. The molecule has 1 aliphatic rings. The van der Waals surface area contributed by atoms with Crippen molar-refractivity contribution in [1.82, 2.24) is 0 Å². The molecule has 0 saturated carbocycles. The number of Topliss-reactive ketones (excluding diaryl/α,β-unsaturated/α-hetero) is 1. The molecule has 0 aliphatic heterocycles. The summed E-state index contributed by atoms with van der Waals surface area (Å²) in [6, 6.07) is 3.35. The highest BCUT2D eigenvalue weighted by atomic mass is 16.6. The summed E-state index contributed by atoms with van der Waals surface area (Å²) in [5.74, 6) is -4.11. The molecule has 4 N–H and O–H groups in total. The number of hydrogen-bond donors (Lipinski definition) is 4. The molecule has 4 rings (SSSR count). The van der Waals surface area contributed by atoms with Gasteiger partial charge in [-0.3, -0.25) is 9.59 Å². The van der Waals surface area contributed by atoms with Gasteiger partial charge in [0.2, 0.25) is 5.43 Å². The van der Waals surface area contributed by atoms with Gasteiger partial charge in [-0.1, -0.05) is 13.0 Å². The summed E-state index contributed by atoms with van der Waals surface area (Å²) in [7, 11) is 0. The fourth-order valence-electron chi connectivity index (χ4n) is 3.84. The van der Waals surface area contributed by atoms with Crippen LogP contribution in [0.4, 0.5) is 0 Å². The van der Waals surface area contributed by atoms with E-state index in [1.165, 1.54) is 12.1 Å². The molecule has 2 aromatic carbocycles. The summed E-state index contributed by atoms with van der Waals surface area (Å²) >= 11 is 0. The average molecular weight is 526 g/mol. The maximum absolute atomic E-state index is 13.4. The van der Waals surface area contributed by atoms with Gasteiger partial charge in [-0.2, -0.15) is 9.59 Å².